The highest BCUT2D eigenvalue weighted by Gasteiger charge is 2.23. The summed E-state index contributed by atoms with van der Waals surface area (Å²) < 4.78 is 42.2. The van der Waals surface area contributed by atoms with Gasteiger partial charge in [0, 0.05) is 35.0 Å². The van der Waals surface area contributed by atoms with Gasteiger partial charge in [-0.25, -0.2) is 13.2 Å². The van der Waals surface area contributed by atoms with Crippen LogP contribution >= 0.6 is 0 Å². The lowest BCUT2D eigenvalue weighted by Gasteiger charge is -2.20. The van der Waals surface area contributed by atoms with Crippen LogP contribution in [0, 0.1) is 13.8 Å². The standard InChI is InChI=1S/C24H23NO7S/c1-15-12-19(16(2)25(15)17-8-9-21-22(13-17)31-11-10-30-21)20(26)14-32-24(27)18-6-4-5-7-23(18)33(3,28)29/h4-9,12-13H,10-11,14H2,1-3H3. The number of nitrogens with zero attached hydrogens (tertiary/aromatic N) is 1. The van der Waals surface area contributed by atoms with E-state index >= 15 is 0 Å². The van der Waals surface area contributed by atoms with E-state index < -0.39 is 28.2 Å². The molecule has 8 nitrogen and oxygen atoms in total. The van der Waals surface area contributed by atoms with Gasteiger partial charge in [-0.2, -0.15) is 0 Å². The summed E-state index contributed by atoms with van der Waals surface area (Å²) in [5.41, 5.74) is 2.62. The summed E-state index contributed by atoms with van der Waals surface area (Å²) in [5.74, 6) is 0.0461. The molecule has 0 atom stereocenters. The van der Waals surface area contributed by atoms with Gasteiger partial charge in [0.05, 0.1) is 10.5 Å². The van der Waals surface area contributed by atoms with Crippen LogP contribution in [0.1, 0.15) is 32.1 Å². The van der Waals surface area contributed by atoms with Crippen molar-refractivity contribution in [3.05, 3.63) is 71.0 Å². The van der Waals surface area contributed by atoms with Gasteiger partial charge in [0.2, 0.25) is 5.78 Å². The Kier molecular flexibility index (Phi) is 5.99. The lowest BCUT2D eigenvalue weighted by Crippen LogP contribution is -2.17. The van der Waals surface area contributed by atoms with E-state index in [-0.39, 0.29) is 10.5 Å². The van der Waals surface area contributed by atoms with E-state index in [2.05, 4.69) is 0 Å². The monoisotopic (exact) mass is 469 g/mol. The third kappa shape index (κ3) is 4.49. The van der Waals surface area contributed by atoms with Crippen LogP contribution in [-0.2, 0) is 14.6 Å². The largest absolute Gasteiger partial charge is 0.486 e. The molecule has 2 aromatic carbocycles. The number of carbonyl (C=O) groups excluding carboxylic acids is 2. The molecular formula is C24H23NO7S. The molecule has 0 amide bonds. The molecule has 0 fully saturated rings. The van der Waals surface area contributed by atoms with E-state index in [1.165, 1.54) is 24.3 Å². The van der Waals surface area contributed by atoms with Crippen molar-refractivity contribution >= 4 is 21.6 Å². The van der Waals surface area contributed by atoms with Gasteiger partial charge in [-0.1, -0.05) is 12.1 Å². The van der Waals surface area contributed by atoms with Gasteiger partial charge in [-0.3, -0.25) is 4.79 Å². The number of rotatable bonds is 6. The first kappa shape index (κ1) is 22.6. The maximum atomic E-state index is 12.9. The van der Waals surface area contributed by atoms with Crippen LogP contribution in [0.2, 0.25) is 0 Å². The number of hydrogen-bond acceptors (Lipinski definition) is 7. The summed E-state index contributed by atoms with van der Waals surface area (Å²) in [5, 5.41) is 0. The summed E-state index contributed by atoms with van der Waals surface area (Å²) in [7, 11) is -3.62. The van der Waals surface area contributed by atoms with Crippen LogP contribution in [0.15, 0.2) is 53.4 Å². The molecule has 33 heavy (non-hydrogen) atoms. The Labute approximate surface area is 191 Å². The van der Waals surface area contributed by atoms with Crippen molar-refractivity contribution in [1.82, 2.24) is 4.57 Å². The average molecular weight is 470 g/mol. The number of fused-ring (bicyclic) bond motifs is 1. The fourth-order valence-corrected chi connectivity index (χ4v) is 4.74. The zero-order valence-electron chi connectivity index (χ0n) is 18.5. The van der Waals surface area contributed by atoms with Gasteiger partial charge < -0.3 is 18.8 Å². The van der Waals surface area contributed by atoms with Crippen LogP contribution in [-0.4, -0.2) is 50.8 Å². The first-order valence-corrected chi connectivity index (χ1v) is 12.1. The van der Waals surface area contributed by atoms with Crippen molar-refractivity contribution in [2.75, 3.05) is 26.1 Å². The Morgan fingerprint density at radius 3 is 2.39 bits per heavy atom. The highest BCUT2D eigenvalue weighted by molar-refractivity contribution is 7.90. The third-order valence-electron chi connectivity index (χ3n) is 5.36. The van der Waals surface area contributed by atoms with Crippen molar-refractivity contribution < 1.29 is 32.2 Å². The van der Waals surface area contributed by atoms with Gasteiger partial charge >= 0.3 is 5.97 Å². The molecule has 1 aliphatic rings. The van der Waals surface area contributed by atoms with Gasteiger partial charge in [-0.05, 0) is 44.2 Å². The summed E-state index contributed by atoms with van der Waals surface area (Å²) >= 11 is 0. The lowest BCUT2D eigenvalue weighted by atomic mass is 10.1. The minimum atomic E-state index is -3.62. The molecule has 0 radical (unpaired) electrons. The molecule has 1 aliphatic heterocycles. The fraction of sp³-hybridized carbons (Fsp3) is 0.250. The molecule has 0 aliphatic carbocycles. The van der Waals surface area contributed by atoms with E-state index in [0.29, 0.717) is 36.0 Å². The molecule has 0 saturated carbocycles. The normalized spacial score (nSPS) is 12.9. The van der Waals surface area contributed by atoms with Gasteiger partial charge in [0.1, 0.15) is 13.2 Å². The predicted molar refractivity (Wildman–Crippen MR) is 120 cm³/mol. The summed E-state index contributed by atoms with van der Waals surface area (Å²) in [6, 6.07) is 13.0. The number of aryl methyl sites for hydroxylation is 1. The van der Waals surface area contributed by atoms with Gasteiger partial charge in [0.25, 0.3) is 0 Å². The number of esters is 1. The number of benzene rings is 2. The Bertz CT molecular complexity index is 1360. The Morgan fingerprint density at radius 1 is 0.970 bits per heavy atom. The van der Waals surface area contributed by atoms with Crippen molar-refractivity contribution in [2.24, 2.45) is 0 Å². The van der Waals surface area contributed by atoms with Gasteiger partial charge in [-0.15, -0.1) is 0 Å². The number of aromatic nitrogens is 1. The van der Waals surface area contributed by atoms with Crippen LogP contribution in [0.5, 0.6) is 11.5 Å². The lowest BCUT2D eigenvalue weighted by molar-refractivity contribution is 0.0471. The molecule has 9 heteroatoms. The molecule has 2 heterocycles. The molecule has 172 valence electrons. The smallest absolute Gasteiger partial charge is 0.339 e. The summed E-state index contributed by atoms with van der Waals surface area (Å²) in [6.45, 7) is 4.13. The van der Waals surface area contributed by atoms with E-state index in [4.69, 9.17) is 14.2 Å². The van der Waals surface area contributed by atoms with E-state index in [1.807, 2.05) is 29.7 Å². The Balaban J connectivity index is 1.54. The molecule has 0 N–H and O–H groups in total. The van der Waals surface area contributed by atoms with Crippen molar-refractivity contribution in [1.29, 1.82) is 0 Å². The van der Waals surface area contributed by atoms with Crippen LogP contribution in [0.4, 0.5) is 0 Å². The quantitative estimate of drug-likeness (QED) is 0.403. The van der Waals surface area contributed by atoms with Gasteiger partial charge in [0.15, 0.2) is 27.9 Å². The topological polar surface area (TPSA) is 101 Å². The van der Waals surface area contributed by atoms with Crippen molar-refractivity contribution in [3.63, 3.8) is 0 Å². The maximum absolute atomic E-state index is 12.9. The molecular weight excluding hydrogens is 446 g/mol. The SMILES string of the molecule is Cc1cc(C(=O)COC(=O)c2ccccc2S(C)(=O)=O)c(C)n1-c1ccc2c(c1)OCCO2. The number of hydrogen-bond donors (Lipinski definition) is 0. The number of ketones is 1. The molecule has 0 unspecified atom stereocenters. The average Bonchev–Trinajstić information content (AvgIpc) is 3.10. The Morgan fingerprint density at radius 2 is 1.67 bits per heavy atom. The highest BCUT2D eigenvalue weighted by atomic mass is 32.2. The minimum absolute atomic E-state index is 0.102. The Hall–Kier alpha value is -3.59. The third-order valence-corrected chi connectivity index (χ3v) is 6.51. The zero-order chi connectivity index (χ0) is 23.8. The van der Waals surface area contributed by atoms with Crippen LogP contribution in [0.3, 0.4) is 0 Å². The molecule has 1 aromatic heterocycles. The second kappa shape index (κ2) is 8.74. The van der Waals surface area contributed by atoms with E-state index in [1.54, 1.807) is 13.0 Å². The predicted octanol–water partition coefficient (Wildman–Crippen LogP) is 3.31. The molecule has 0 spiro atoms. The molecule has 0 bridgehead atoms. The molecule has 4 rings (SSSR count). The van der Waals surface area contributed by atoms with Crippen molar-refractivity contribution in [3.8, 4) is 17.2 Å². The molecule has 0 saturated heterocycles. The second-order valence-corrected chi connectivity index (χ2v) is 9.70. The van der Waals surface area contributed by atoms with Crippen molar-refractivity contribution in [2.45, 2.75) is 18.7 Å². The van der Waals surface area contributed by atoms with E-state index in [0.717, 1.165) is 17.6 Å². The van der Waals surface area contributed by atoms with E-state index in [9.17, 15) is 18.0 Å². The maximum Gasteiger partial charge on any atom is 0.339 e. The highest BCUT2D eigenvalue weighted by Crippen LogP contribution is 2.33. The minimum Gasteiger partial charge on any atom is -0.486 e. The fourth-order valence-electron chi connectivity index (χ4n) is 3.86. The number of ether oxygens (including phenoxy) is 3. The van der Waals surface area contributed by atoms with Crippen LogP contribution < -0.4 is 9.47 Å². The first-order valence-electron chi connectivity index (χ1n) is 10.2. The number of carbonyl (C=O) groups is 2. The zero-order valence-corrected chi connectivity index (χ0v) is 19.3. The number of Topliss-reactive ketones (excluding diaryl/α,β-unsaturated/α-hetero) is 1. The second-order valence-electron chi connectivity index (χ2n) is 7.72. The molecule has 3 aromatic rings. The van der Waals surface area contributed by atoms with Crippen LogP contribution in [0.25, 0.3) is 5.69 Å². The summed E-state index contributed by atoms with van der Waals surface area (Å²) in [4.78, 5) is 25.2. The first-order chi connectivity index (χ1) is 15.7. The number of sulfone groups is 1. The summed E-state index contributed by atoms with van der Waals surface area (Å²) in [6.07, 6.45) is 1.01.